The van der Waals surface area contributed by atoms with Gasteiger partial charge in [0.15, 0.2) is 17.6 Å². The quantitative estimate of drug-likeness (QED) is 0.716. The van der Waals surface area contributed by atoms with Gasteiger partial charge in [-0.1, -0.05) is 29.3 Å². The van der Waals surface area contributed by atoms with Crippen LogP contribution in [0.15, 0.2) is 36.7 Å². The monoisotopic (exact) mass is 382 g/mol. The first-order chi connectivity index (χ1) is 11.5. The van der Waals surface area contributed by atoms with E-state index >= 15 is 0 Å². The molecule has 0 saturated heterocycles. The lowest BCUT2D eigenvalue weighted by Crippen LogP contribution is -2.14. The van der Waals surface area contributed by atoms with E-state index in [1.807, 2.05) is 6.92 Å². The zero-order chi connectivity index (χ0) is 17.1. The second-order valence-corrected chi connectivity index (χ2v) is 6.82. The molecule has 0 radical (unpaired) electrons. The van der Waals surface area contributed by atoms with E-state index in [9.17, 15) is 4.79 Å². The minimum absolute atomic E-state index is 0.101. The Hall–Kier alpha value is -2.09. The smallest absolute Gasteiger partial charge is 0.277 e. The Labute approximate surface area is 152 Å². The van der Waals surface area contributed by atoms with Crippen molar-refractivity contribution in [2.45, 2.75) is 13.7 Å². The topological polar surface area (TPSA) is 69.0 Å². The molecule has 6 nitrogen and oxygen atoms in total. The molecule has 0 unspecified atom stereocenters. The molecule has 3 rings (SSSR count). The molecule has 0 aliphatic rings. The lowest BCUT2D eigenvalue weighted by Gasteiger charge is -2.08. The standard InChI is InChI=1S/C15H12Cl2N4O2S/c1-9-7-18-15(24-9)19-14(22)11-5-6-21(20-11)8-23-12-4-2-3-10(16)13(12)17/h2-7H,8H2,1H3,(H,18,19,22). The van der Waals surface area contributed by atoms with E-state index in [4.69, 9.17) is 27.9 Å². The number of nitrogens with zero attached hydrogens (tertiary/aromatic N) is 3. The number of thiazole rings is 1. The molecule has 2 heterocycles. The van der Waals surface area contributed by atoms with Crippen LogP contribution in [-0.4, -0.2) is 20.7 Å². The van der Waals surface area contributed by atoms with Gasteiger partial charge in [0, 0.05) is 17.3 Å². The number of carbonyl (C=O) groups excluding carboxylic acids is 1. The summed E-state index contributed by atoms with van der Waals surface area (Å²) in [6.07, 6.45) is 3.34. The van der Waals surface area contributed by atoms with Gasteiger partial charge >= 0.3 is 0 Å². The van der Waals surface area contributed by atoms with Gasteiger partial charge in [-0.25, -0.2) is 9.67 Å². The number of hydrogen-bond donors (Lipinski definition) is 1. The van der Waals surface area contributed by atoms with Crippen LogP contribution in [0.5, 0.6) is 5.75 Å². The molecule has 0 bridgehead atoms. The summed E-state index contributed by atoms with van der Waals surface area (Å²) in [6.45, 7) is 2.02. The molecular weight excluding hydrogens is 371 g/mol. The number of benzene rings is 1. The number of ether oxygens (including phenoxy) is 1. The molecule has 3 aromatic rings. The van der Waals surface area contributed by atoms with Gasteiger partial charge in [0.05, 0.1) is 5.02 Å². The van der Waals surface area contributed by atoms with Crippen molar-refractivity contribution in [2.75, 3.05) is 5.32 Å². The Morgan fingerprint density at radius 3 is 2.96 bits per heavy atom. The molecule has 1 N–H and O–H groups in total. The molecule has 9 heteroatoms. The summed E-state index contributed by atoms with van der Waals surface area (Å²) in [4.78, 5) is 17.2. The Kier molecular flexibility index (Phi) is 5.03. The molecule has 0 aliphatic carbocycles. The third kappa shape index (κ3) is 3.87. The number of halogens is 2. The predicted molar refractivity (Wildman–Crippen MR) is 94.1 cm³/mol. The van der Waals surface area contributed by atoms with Crippen molar-refractivity contribution in [3.8, 4) is 5.75 Å². The fraction of sp³-hybridized carbons (Fsp3) is 0.133. The molecule has 0 aliphatic heterocycles. The summed E-state index contributed by atoms with van der Waals surface area (Å²) in [6, 6.07) is 6.71. The minimum atomic E-state index is -0.330. The highest BCUT2D eigenvalue weighted by molar-refractivity contribution is 7.15. The maximum absolute atomic E-state index is 12.1. The van der Waals surface area contributed by atoms with Crippen LogP contribution in [0.1, 0.15) is 15.4 Å². The van der Waals surface area contributed by atoms with Crippen LogP contribution in [0, 0.1) is 6.92 Å². The van der Waals surface area contributed by atoms with E-state index in [0.29, 0.717) is 20.9 Å². The lowest BCUT2D eigenvalue weighted by atomic mass is 10.3. The van der Waals surface area contributed by atoms with Gasteiger partial charge in [0.2, 0.25) is 0 Å². The maximum atomic E-state index is 12.1. The van der Waals surface area contributed by atoms with Crippen molar-refractivity contribution >= 4 is 45.6 Å². The van der Waals surface area contributed by atoms with Gasteiger partial charge in [-0.2, -0.15) is 5.10 Å². The summed E-state index contributed by atoms with van der Waals surface area (Å²) < 4.78 is 7.05. The summed E-state index contributed by atoms with van der Waals surface area (Å²) in [5, 5.41) is 8.14. The normalized spacial score (nSPS) is 10.6. The van der Waals surface area contributed by atoms with E-state index < -0.39 is 0 Å². The first-order valence-corrected chi connectivity index (χ1v) is 8.44. The van der Waals surface area contributed by atoms with Gasteiger partial charge in [-0.05, 0) is 25.1 Å². The first-order valence-electron chi connectivity index (χ1n) is 6.87. The van der Waals surface area contributed by atoms with Crippen molar-refractivity contribution in [1.29, 1.82) is 0 Å². The van der Waals surface area contributed by atoms with Crippen LogP contribution in [0.2, 0.25) is 10.0 Å². The van der Waals surface area contributed by atoms with Crippen LogP contribution in [0.3, 0.4) is 0 Å². The molecule has 1 amide bonds. The van der Waals surface area contributed by atoms with Crippen molar-refractivity contribution in [2.24, 2.45) is 0 Å². The number of anilines is 1. The predicted octanol–water partition coefficient (Wildman–Crippen LogP) is 4.24. The van der Waals surface area contributed by atoms with Crippen LogP contribution < -0.4 is 10.1 Å². The third-order valence-electron chi connectivity index (χ3n) is 2.98. The Morgan fingerprint density at radius 2 is 2.21 bits per heavy atom. The second-order valence-electron chi connectivity index (χ2n) is 4.80. The number of rotatable bonds is 5. The molecule has 0 atom stereocenters. The second kappa shape index (κ2) is 7.21. The summed E-state index contributed by atoms with van der Waals surface area (Å²) >= 11 is 13.4. The molecule has 0 spiro atoms. The van der Waals surface area contributed by atoms with Crippen molar-refractivity contribution in [3.05, 3.63) is 57.3 Å². The summed E-state index contributed by atoms with van der Waals surface area (Å²) in [5.41, 5.74) is 0.267. The fourth-order valence-corrected chi connectivity index (χ4v) is 2.87. The van der Waals surface area contributed by atoms with Gasteiger partial charge in [0.1, 0.15) is 10.8 Å². The Balaban J connectivity index is 1.63. The zero-order valence-electron chi connectivity index (χ0n) is 12.5. The van der Waals surface area contributed by atoms with Gasteiger partial charge in [-0.3, -0.25) is 10.1 Å². The zero-order valence-corrected chi connectivity index (χ0v) is 14.8. The highest BCUT2D eigenvalue weighted by atomic mass is 35.5. The molecule has 1 aromatic carbocycles. The molecule has 2 aromatic heterocycles. The number of aryl methyl sites for hydroxylation is 1. The number of amides is 1. The Morgan fingerprint density at radius 1 is 1.38 bits per heavy atom. The van der Waals surface area contributed by atoms with Crippen molar-refractivity contribution < 1.29 is 9.53 Å². The van der Waals surface area contributed by atoms with Crippen LogP contribution >= 0.6 is 34.5 Å². The molecule has 24 heavy (non-hydrogen) atoms. The molecule has 124 valence electrons. The maximum Gasteiger partial charge on any atom is 0.277 e. The average Bonchev–Trinajstić information content (AvgIpc) is 3.18. The van der Waals surface area contributed by atoms with E-state index in [-0.39, 0.29) is 18.3 Å². The average molecular weight is 383 g/mol. The SMILES string of the molecule is Cc1cnc(NC(=O)c2ccn(COc3cccc(Cl)c3Cl)n2)s1. The van der Waals surface area contributed by atoms with E-state index in [1.165, 1.54) is 16.0 Å². The first kappa shape index (κ1) is 16.8. The van der Waals surface area contributed by atoms with E-state index in [1.54, 1.807) is 36.7 Å². The number of hydrogen-bond acceptors (Lipinski definition) is 5. The number of aromatic nitrogens is 3. The van der Waals surface area contributed by atoms with Gasteiger partial charge in [0.25, 0.3) is 5.91 Å². The van der Waals surface area contributed by atoms with Crippen molar-refractivity contribution in [3.63, 3.8) is 0 Å². The molecule has 0 fully saturated rings. The van der Waals surface area contributed by atoms with E-state index in [0.717, 1.165) is 4.88 Å². The highest BCUT2D eigenvalue weighted by Gasteiger charge is 2.12. The van der Waals surface area contributed by atoms with Gasteiger partial charge in [-0.15, -0.1) is 11.3 Å². The van der Waals surface area contributed by atoms with Crippen LogP contribution in [-0.2, 0) is 6.73 Å². The van der Waals surface area contributed by atoms with Gasteiger partial charge < -0.3 is 4.74 Å². The fourth-order valence-electron chi connectivity index (χ4n) is 1.86. The Bertz CT molecular complexity index is 878. The lowest BCUT2D eigenvalue weighted by molar-refractivity contribution is 0.102. The van der Waals surface area contributed by atoms with Crippen LogP contribution in [0.4, 0.5) is 5.13 Å². The van der Waals surface area contributed by atoms with Crippen LogP contribution in [0.25, 0.3) is 0 Å². The highest BCUT2D eigenvalue weighted by Crippen LogP contribution is 2.31. The van der Waals surface area contributed by atoms with E-state index in [2.05, 4.69) is 15.4 Å². The van der Waals surface area contributed by atoms with Crippen molar-refractivity contribution in [1.82, 2.24) is 14.8 Å². The molecular formula is C15H12Cl2N4O2S. The number of nitrogens with one attached hydrogen (secondary N) is 1. The molecule has 0 saturated carbocycles. The third-order valence-corrected chi connectivity index (χ3v) is 4.61. The summed E-state index contributed by atoms with van der Waals surface area (Å²) in [5.74, 6) is 0.118. The summed E-state index contributed by atoms with van der Waals surface area (Å²) in [7, 11) is 0. The number of carbonyl (C=O) groups is 1. The largest absolute Gasteiger partial charge is 0.470 e. The minimum Gasteiger partial charge on any atom is -0.470 e.